The number of carbonyl (C=O) groups is 1. The van der Waals surface area contributed by atoms with Crippen molar-refractivity contribution in [1.29, 1.82) is 0 Å². The van der Waals surface area contributed by atoms with Gasteiger partial charge in [-0.1, -0.05) is 0 Å². The Morgan fingerprint density at radius 2 is 2.07 bits per heavy atom. The van der Waals surface area contributed by atoms with Crippen molar-refractivity contribution in [2.45, 2.75) is 19.9 Å². The van der Waals surface area contributed by atoms with Crippen LogP contribution in [0.1, 0.15) is 13.8 Å². The summed E-state index contributed by atoms with van der Waals surface area (Å²) in [6.45, 7) is 6.82. The molecule has 88 valence electrons. The van der Waals surface area contributed by atoms with E-state index in [9.17, 15) is 4.79 Å². The summed E-state index contributed by atoms with van der Waals surface area (Å²) in [7, 11) is 0. The molecular weight excluding hydrogens is 196 g/mol. The zero-order valence-corrected chi connectivity index (χ0v) is 9.48. The van der Waals surface area contributed by atoms with Gasteiger partial charge in [-0.15, -0.1) is 0 Å². The van der Waals surface area contributed by atoms with E-state index in [2.05, 4.69) is 0 Å². The number of hydrogen-bond acceptors (Lipinski definition) is 3. The topological polar surface area (TPSA) is 53.0 Å². The first-order valence-electron chi connectivity index (χ1n) is 5.41. The van der Waals surface area contributed by atoms with Gasteiger partial charge < -0.3 is 19.6 Å². The fourth-order valence-corrected chi connectivity index (χ4v) is 1.62. The van der Waals surface area contributed by atoms with Gasteiger partial charge in [-0.2, -0.15) is 0 Å². The summed E-state index contributed by atoms with van der Waals surface area (Å²) in [5, 5.41) is 8.90. The molecule has 1 aliphatic heterocycles. The first-order chi connectivity index (χ1) is 7.16. The van der Waals surface area contributed by atoms with Gasteiger partial charge in [0.15, 0.2) is 0 Å². The normalized spacial score (nSPS) is 16.9. The molecule has 0 aliphatic carbocycles. The summed E-state index contributed by atoms with van der Waals surface area (Å²) < 4.78 is 5.19. The van der Waals surface area contributed by atoms with E-state index in [1.165, 1.54) is 0 Å². The van der Waals surface area contributed by atoms with Crippen LogP contribution in [0.25, 0.3) is 0 Å². The van der Waals surface area contributed by atoms with E-state index in [0.717, 1.165) is 0 Å². The number of aliphatic hydroxyl groups excluding tert-OH is 1. The molecule has 0 unspecified atom stereocenters. The molecule has 0 radical (unpaired) electrons. The Kier molecular flexibility index (Phi) is 4.84. The smallest absolute Gasteiger partial charge is 0.320 e. The van der Waals surface area contributed by atoms with Crippen molar-refractivity contribution in [2.75, 3.05) is 39.5 Å². The van der Waals surface area contributed by atoms with Crippen LogP contribution in [-0.2, 0) is 4.74 Å². The molecule has 5 nitrogen and oxygen atoms in total. The number of amides is 2. The summed E-state index contributed by atoms with van der Waals surface area (Å²) in [4.78, 5) is 15.5. The maximum Gasteiger partial charge on any atom is 0.320 e. The van der Waals surface area contributed by atoms with Gasteiger partial charge in [0.1, 0.15) is 0 Å². The van der Waals surface area contributed by atoms with E-state index < -0.39 is 0 Å². The van der Waals surface area contributed by atoms with Crippen LogP contribution in [0, 0.1) is 0 Å². The van der Waals surface area contributed by atoms with Gasteiger partial charge in [0.2, 0.25) is 0 Å². The molecular formula is C10H20N2O3. The van der Waals surface area contributed by atoms with E-state index in [1.54, 1.807) is 9.80 Å². The molecule has 1 N–H and O–H groups in total. The number of urea groups is 1. The molecule has 1 saturated heterocycles. The third-order valence-corrected chi connectivity index (χ3v) is 2.49. The van der Waals surface area contributed by atoms with Crippen molar-refractivity contribution in [3.8, 4) is 0 Å². The quantitative estimate of drug-likeness (QED) is 0.730. The molecule has 0 saturated carbocycles. The summed E-state index contributed by atoms with van der Waals surface area (Å²) in [6.07, 6.45) is 0. The van der Waals surface area contributed by atoms with E-state index >= 15 is 0 Å². The van der Waals surface area contributed by atoms with Crippen LogP contribution in [-0.4, -0.2) is 66.4 Å². The fourth-order valence-electron chi connectivity index (χ4n) is 1.62. The molecule has 5 heteroatoms. The highest BCUT2D eigenvalue weighted by Crippen LogP contribution is 2.06. The SMILES string of the molecule is CC(C)N(CCO)C(=O)N1CCOCC1. The summed E-state index contributed by atoms with van der Waals surface area (Å²) >= 11 is 0. The minimum atomic E-state index is 0.00218. The molecule has 1 aliphatic rings. The van der Waals surface area contributed by atoms with E-state index in [1.807, 2.05) is 13.8 Å². The Balaban J connectivity index is 2.53. The zero-order valence-electron chi connectivity index (χ0n) is 9.48. The Morgan fingerprint density at radius 3 is 2.53 bits per heavy atom. The number of carbonyl (C=O) groups excluding carboxylic acids is 1. The molecule has 15 heavy (non-hydrogen) atoms. The molecule has 0 atom stereocenters. The predicted octanol–water partition coefficient (Wildman–Crippen LogP) is 0.141. The number of aliphatic hydroxyl groups is 1. The Hall–Kier alpha value is -0.810. The highest BCUT2D eigenvalue weighted by atomic mass is 16.5. The number of hydrogen-bond donors (Lipinski definition) is 1. The summed E-state index contributed by atoms with van der Waals surface area (Å²) in [5.74, 6) is 0. The van der Waals surface area contributed by atoms with Gasteiger partial charge in [0.25, 0.3) is 0 Å². The average Bonchev–Trinajstić information content (AvgIpc) is 2.26. The van der Waals surface area contributed by atoms with E-state index in [0.29, 0.717) is 32.8 Å². The average molecular weight is 216 g/mol. The zero-order chi connectivity index (χ0) is 11.3. The summed E-state index contributed by atoms with van der Waals surface area (Å²) in [6, 6.07) is 0.120. The lowest BCUT2D eigenvalue weighted by atomic mass is 10.3. The van der Waals surface area contributed by atoms with Crippen LogP contribution in [0.2, 0.25) is 0 Å². The minimum absolute atomic E-state index is 0.00218. The molecule has 1 rings (SSSR count). The monoisotopic (exact) mass is 216 g/mol. The van der Waals surface area contributed by atoms with Crippen molar-refractivity contribution in [1.82, 2.24) is 9.80 Å². The second-order valence-corrected chi connectivity index (χ2v) is 3.89. The van der Waals surface area contributed by atoms with E-state index in [-0.39, 0.29) is 18.7 Å². The Labute approximate surface area is 90.6 Å². The first-order valence-corrected chi connectivity index (χ1v) is 5.41. The van der Waals surface area contributed by atoms with Crippen molar-refractivity contribution in [2.24, 2.45) is 0 Å². The molecule has 0 bridgehead atoms. The predicted molar refractivity (Wildman–Crippen MR) is 56.7 cm³/mol. The number of nitrogens with zero attached hydrogens (tertiary/aromatic N) is 2. The fraction of sp³-hybridized carbons (Fsp3) is 0.900. The first kappa shape index (κ1) is 12.3. The van der Waals surface area contributed by atoms with Gasteiger partial charge in [-0.25, -0.2) is 4.79 Å². The van der Waals surface area contributed by atoms with Crippen molar-refractivity contribution in [3.63, 3.8) is 0 Å². The lowest BCUT2D eigenvalue weighted by Crippen LogP contribution is -2.51. The maximum absolute atomic E-state index is 12.0. The summed E-state index contributed by atoms with van der Waals surface area (Å²) in [5.41, 5.74) is 0. The number of morpholine rings is 1. The van der Waals surface area contributed by atoms with Gasteiger partial charge >= 0.3 is 6.03 Å². The van der Waals surface area contributed by atoms with Crippen molar-refractivity contribution in [3.05, 3.63) is 0 Å². The lowest BCUT2D eigenvalue weighted by molar-refractivity contribution is 0.0387. The Morgan fingerprint density at radius 1 is 1.47 bits per heavy atom. The van der Waals surface area contributed by atoms with Gasteiger partial charge in [-0.05, 0) is 13.8 Å². The van der Waals surface area contributed by atoms with Crippen LogP contribution in [0.15, 0.2) is 0 Å². The largest absolute Gasteiger partial charge is 0.395 e. The Bertz CT molecular complexity index is 203. The van der Waals surface area contributed by atoms with Crippen molar-refractivity contribution >= 4 is 6.03 Å². The third-order valence-electron chi connectivity index (χ3n) is 2.49. The molecule has 1 fully saturated rings. The second kappa shape index (κ2) is 5.92. The van der Waals surface area contributed by atoms with Crippen molar-refractivity contribution < 1.29 is 14.6 Å². The molecule has 0 aromatic rings. The maximum atomic E-state index is 12.0. The number of ether oxygens (including phenoxy) is 1. The van der Waals surface area contributed by atoms with Crippen LogP contribution in [0.3, 0.4) is 0 Å². The minimum Gasteiger partial charge on any atom is -0.395 e. The lowest BCUT2D eigenvalue weighted by Gasteiger charge is -2.34. The number of rotatable bonds is 3. The molecule has 0 aromatic heterocycles. The highest BCUT2D eigenvalue weighted by molar-refractivity contribution is 5.74. The van der Waals surface area contributed by atoms with Crippen LogP contribution < -0.4 is 0 Å². The molecule has 2 amide bonds. The van der Waals surface area contributed by atoms with E-state index in [4.69, 9.17) is 9.84 Å². The van der Waals surface area contributed by atoms with Gasteiger partial charge in [0.05, 0.1) is 19.8 Å². The molecule has 0 spiro atoms. The standard InChI is InChI=1S/C10H20N2O3/c1-9(2)12(3-6-13)10(14)11-4-7-15-8-5-11/h9,13H,3-8H2,1-2H3. The van der Waals surface area contributed by atoms with Crippen LogP contribution in [0.4, 0.5) is 4.79 Å². The molecule has 1 heterocycles. The van der Waals surface area contributed by atoms with Gasteiger partial charge in [-0.3, -0.25) is 0 Å². The highest BCUT2D eigenvalue weighted by Gasteiger charge is 2.23. The second-order valence-electron chi connectivity index (χ2n) is 3.89. The van der Waals surface area contributed by atoms with Gasteiger partial charge in [0, 0.05) is 25.7 Å². The van der Waals surface area contributed by atoms with Crippen LogP contribution >= 0.6 is 0 Å². The molecule has 0 aromatic carbocycles. The van der Waals surface area contributed by atoms with Crippen LogP contribution in [0.5, 0.6) is 0 Å². The third kappa shape index (κ3) is 3.35.